The molecule has 3 rings (SSSR count). The first-order chi connectivity index (χ1) is 12.6. The number of nitrogens with zero attached hydrogens (tertiary/aromatic N) is 2. The molecule has 0 bridgehead atoms. The normalized spacial score (nSPS) is 13.6. The number of amides is 1. The highest BCUT2D eigenvalue weighted by Crippen LogP contribution is 2.31. The number of rotatable bonds is 7. The number of aryl methyl sites for hydroxylation is 1. The van der Waals surface area contributed by atoms with Gasteiger partial charge in [-0.25, -0.2) is 0 Å². The molecule has 0 radical (unpaired) electrons. The Hall–Kier alpha value is -2.40. The Morgan fingerprint density at radius 1 is 1.35 bits per heavy atom. The first-order valence-electron chi connectivity index (χ1n) is 9.36. The van der Waals surface area contributed by atoms with Crippen LogP contribution in [0.1, 0.15) is 42.6 Å². The van der Waals surface area contributed by atoms with E-state index in [9.17, 15) is 4.79 Å². The van der Waals surface area contributed by atoms with Gasteiger partial charge in [-0.15, -0.1) is 0 Å². The molecule has 1 aliphatic heterocycles. The van der Waals surface area contributed by atoms with Gasteiger partial charge in [-0.3, -0.25) is 9.78 Å². The van der Waals surface area contributed by atoms with Crippen molar-refractivity contribution in [1.29, 1.82) is 0 Å². The highest BCUT2D eigenvalue weighted by molar-refractivity contribution is 6.06. The van der Waals surface area contributed by atoms with Crippen molar-refractivity contribution in [3.63, 3.8) is 0 Å². The molecule has 5 nitrogen and oxygen atoms in total. The minimum absolute atomic E-state index is 0.00692. The van der Waals surface area contributed by atoms with Crippen molar-refractivity contribution in [3.05, 3.63) is 53.9 Å². The Morgan fingerprint density at radius 3 is 3.00 bits per heavy atom. The Bertz CT molecular complexity index is 731. The number of anilines is 1. The maximum atomic E-state index is 12.8. The topological polar surface area (TPSA) is 54.5 Å². The summed E-state index contributed by atoms with van der Waals surface area (Å²) in [6, 6.07) is 10.2. The standard InChI is InChI=1S/C21H27N3O2/c1-16(2)23-11-5-13-26-19-8-9-20-17(14-19)7-4-12-24(20)21(25)18-6-3-10-22-15-18/h3,6,8-10,14-16,23H,4-5,7,11-13H2,1-2H3. The van der Waals surface area contributed by atoms with Crippen LogP contribution in [0, 0.1) is 0 Å². The summed E-state index contributed by atoms with van der Waals surface area (Å²) in [6.07, 6.45) is 6.21. The van der Waals surface area contributed by atoms with Crippen LogP contribution in [0.25, 0.3) is 0 Å². The molecule has 1 aliphatic rings. The summed E-state index contributed by atoms with van der Waals surface area (Å²) in [5, 5.41) is 3.39. The van der Waals surface area contributed by atoms with E-state index in [1.807, 2.05) is 23.1 Å². The number of benzene rings is 1. The second-order valence-corrected chi connectivity index (χ2v) is 6.90. The molecule has 0 fully saturated rings. The van der Waals surface area contributed by atoms with Gasteiger partial charge in [-0.1, -0.05) is 13.8 Å². The van der Waals surface area contributed by atoms with Gasteiger partial charge < -0.3 is 15.0 Å². The lowest BCUT2D eigenvalue weighted by molar-refractivity contribution is 0.0984. The molecular formula is C21H27N3O2. The van der Waals surface area contributed by atoms with Gasteiger partial charge in [0.25, 0.3) is 5.91 Å². The maximum absolute atomic E-state index is 12.8. The lowest BCUT2D eigenvalue weighted by Gasteiger charge is -2.30. The van der Waals surface area contributed by atoms with Gasteiger partial charge in [0.1, 0.15) is 5.75 Å². The average Bonchev–Trinajstić information content (AvgIpc) is 2.67. The smallest absolute Gasteiger partial charge is 0.259 e. The number of carbonyl (C=O) groups is 1. The van der Waals surface area contributed by atoms with Crippen LogP contribution in [0.15, 0.2) is 42.7 Å². The predicted molar refractivity (Wildman–Crippen MR) is 104 cm³/mol. The highest BCUT2D eigenvalue weighted by Gasteiger charge is 2.24. The van der Waals surface area contributed by atoms with Crippen LogP contribution in [0.2, 0.25) is 0 Å². The fourth-order valence-corrected chi connectivity index (χ4v) is 3.17. The zero-order chi connectivity index (χ0) is 18.4. The van der Waals surface area contributed by atoms with Gasteiger partial charge in [0.2, 0.25) is 0 Å². The summed E-state index contributed by atoms with van der Waals surface area (Å²) >= 11 is 0. The summed E-state index contributed by atoms with van der Waals surface area (Å²) in [6.45, 7) is 6.67. The molecule has 2 heterocycles. The number of hydrogen-bond donors (Lipinski definition) is 1. The van der Waals surface area contributed by atoms with Gasteiger partial charge in [-0.05, 0) is 61.7 Å². The molecule has 1 amide bonds. The summed E-state index contributed by atoms with van der Waals surface area (Å²) in [5.41, 5.74) is 2.78. The number of nitrogens with one attached hydrogen (secondary N) is 1. The predicted octanol–water partition coefficient (Wildman–Crippen LogP) is 3.44. The van der Waals surface area contributed by atoms with Crippen LogP contribution in [-0.2, 0) is 6.42 Å². The van der Waals surface area contributed by atoms with E-state index in [1.165, 1.54) is 5.56 Å². The van der Waals surface area contributed by atoms with Crippen LogP contribution in [0.5, 0.6) is 5.75 Å². The average molecular weight is 353 g/mol. The van der Waals surface area contributed by atoms with E-state index in [1.54, 1.807) is 18.5 Å². The molecule has 26 heavy (non-hydrogen) atoms. The van der Waals surface area contributed by atoms with Crippen molar-refractivity contribution >= 4 is 11.6 Å². The lowest BCUT2D eigenvalue weighted by Crippen LogP contribution is -2.35. The summed E-state index contributed by atoms with van der Waals surface area (Å²) < 4.78 is 5.88. The molecule has 1 N–H and O–H groups in total. The second kappa shape index (κ2) is 8.81. The molecule has 0 aliphatic carbocycles. The SMILES string of the molecule is CC(C)NCCCOc1ccc2c(c1)CCCN2C(=O)c1cccnc1. The number of hydrogen-bond acceptors (Lipinski definition) is 4. The number of pyridine rings is 1. The van der Waals surface area contributed by atoms with Crippen LogP contribution in [0.3, 0.4) is 0 Å². The maximum Gasteiger partial charge on any atom is 0.259 e. The van der Waals surface area contributed by atoms with Crippen LogP contribution < -0.4 is 15.0 Å². The third-order valence-corrected chi connectivity index (χ3v) is 4.47. The summed E-state index contributed by atoms with van der Waals surface area (Å²) in [4.78, 5) is 18.7. The van der Waals surface area contributed by atoms with Gasteiger partial charge in [0, 0.05) is 30.7 Å². The van der Waals surface area contributed by atoms with Crippen molar-refractivity contribution in [1.82, 2.24) is 10.3 Å². The zero-order valence-electron chi connectivity index (χ0n) is 15.6. The summed E-state index contributed by atoms with van der Waals surface area (Å²) in [7, 11) is 0. The van der Waals surface area contributed by atoms with Gasteiger partial charge in [0.05, 0.1) is 12.2 Å². The molecule has 1 aromatic carbocycles. The van der Waals surface area contributed by atoms with Crippen molar-refractivity contribution < 1.29 is 9.53 Å². The second-order valence-electron chi connectivity index (χ2n) is 6.90. The van der Waals surface area contributed by atoms with Gasteiger partial charge in [-0.2, -0.15) is 0 Å². The molecule has 0 saturated heterocycles. The Balaban J connectivity index is 1.65. The van der Waals surface area contributed by atoms with E-state index in [4.69, 9.17) is 4.74 Å². The van der Waals surface area contributed by atoms with E-state index in [2.05, 4.69) is 30.2 Å². The van der Waals surface area contributed by atoms with Crippen LogP contribution in [-0.4, -0.2) is 36.6 Å². The molecule has 0 spiro atoms. The molecule has 0 saturated carbocycles. The van der Waals surface area contributed by atoms with Gasteiger partial charge >= 0.3 is 0 Å². The molecule has 0 atom stereocenters. The van der Waals surface area contributed by atoms with Crippen molar-refractivity contribution in [2.75, 3.05) is 24.6 Å². The first kappa shape index (κ1) is 18.4. The number of ether oxygens (including phenoxy) is 1. The lowest BCUT2D eigenvalue weighted by atomic mass is 10.0. The van der Waals surface area contributed by atoms with Crippen LogP contribution >= 0.6 is 0 Å². The van der Waals surface area contributed by atoms with E-state index >= 15 is 0 Å². The molecule has 0 unspecified atom stereocenters. The largest absolute Gasteiger partial charge is 0.494 e. The zero-order valence-corrected chi connectivity index (χ0v) is 15.6. The summed E-state index contributed by atoms with van der Waals surface area (Å²) in [5.74, 6) is 0.886. The molecule has 2 aromatic rings. The molecular weight excluding hydrogens is 326 g/mol. The van der Waals surface area contributed by atoms with Crippen molar-refractivity contribution in [2.45, 2.75) is 39.2 Å². The van der Waals surface area contributed by atoms with E-state index in [-0.39, 0.29) is 5.91 Å². The fourth-order valence-electron chi connectivity index (χ4n) is 3.17. The molecule has 138 valence electrons. The van der Waals surface area contributed by atoms with E-state index in [0.29, 0.717) is 18.2 Å². The number of fused-ring (bicyclic) bond motifs is 1. The van der Waals surface area contributed by atoms with Crippen molar-refractivity contribution in [2.24, 2.45) is 0 Å². The minimum atomic E-state index is 0.00692. The molecule has 5 heteroatoms. The van der Waals surface area contributed by atoms with E-state index < -0.39 is 0 Å². The fraction of sp³-hybridized carbons (Fsp3) is 0.429. The third kappa shape index (κ3) is 4.61. The molecule has 1 aromatic heterocycles. The van der Waals surface area contributed by atoms with Gasteiger partial charge in [0.15, 0.2) is 0 Å². The number of carbonyl (C=O) groups excluding carboxylic acids is 1. The van der Waals surface area contributed by atoms with Crippen molar-refractivity contribution in [3.8, 4) is 5.75 Å². The highest BCUT2D eigenvalue weighted by atomic mass is 16.5. The van der Waals surface area contributed by atoms with E-state index in [0.717, 1.165) is 43.8 Å². The minimum Gasteiger partial charge on any atom is -0.494 e. The third-order valence-electron chi connectivity index (χ3n) is 4.47. The van der Waals surface area contributed by atoms with Crippen LogP contribution in [0.4, 0.5) is 5.69 Å². The number of aromatic nitrogens is 1. The Labute approximate surface area is 155 Å². The Kier molecular flexibility index (Phi) is 6.23. The monoisotopic (exact) mass is 353 g/mol. The Morgan fingerprint density at radius 2 is 2.23 bits per heavy atom. The first-order valence-corrected chi connectivity index (χ1v) is 9.36. The quantitative estimate of drug-likeness (QED) is 0.775.